The number of hydrogen-bond acceptors (Lipinski definition) is 3. The molecule has 6 heteroatoms. The predicted molar refractivity (Wildman–Crippen MR) is 85.3 cm³/mol. The third kappa shape index (κ3) is 3.27. The third-order valence-electron chi connectivity index (χ3n) is 4.74. The molecule has 23 heavy (non-hydrogen) atoms. The van der Waals surface area contributed by atoms with Crippen molar-refractivity contribution in [2.24, 2.45) is 5.92 Å². The van der Waals surface area contributed by atoms with Gasteiger partial charge in [-0.3, -0.25) is 0 Å². The number of amides is 2. The van der Waals surface area contributed by atoms with Crippen LogP contribution in [0.2, 0.25) is 0 Å². The Hall–Kier alpha value is -1.82. The molecule has 1 saturated carbocycles. The van der Waals surface area contributed by atoms with E-state index in [9.17, 15) is 9.18 Å². The van der Waals surface area contributed by atoms with Crippen LogP contribution in [0.1, 0.15) is 31.7 Å². The Morgan fingerprint density at radius 1 is 1.43 bits per heavy atom. The molecule has 5 nitrogen and oxygen atoms in total. The summed E-state index contributed by atoms with van der Waals surface area (Å²) in [5.74, 6) is 0.209. The smallest absolute Gasteiger partial charge is 0.319 e. The van der Waals surface area contributed by atoms with Gasteiger partial charge in [0, 0.05) is 18.4 Å². The van der Waals surface area contributed by atoms with Crippen LogP contribution in [0.4, 0.5) is 14.9 Å². The molecular formula is C17H23FN2O3. The summed E-state index contributed by atoms with van der Waals surface area (Å²) < 4.78 is 24.6. The van der Waals surface area contributed by atoms with E-state index in [0.29, 0.717) is 18.2 Å². The quantitative estimate of drug-likeness (QED) is 0.895. The van der Waals surface area contributed by atoms with E-state index < -0.39 is 5.82 Å². The van der Waals surface area contributed by atoms with Crippen molar-refractivity contribution in [3.63, 3.8) is 0 Å². The number of halogens is 1. The molecule has 126 valence electrons. The standard InChI is InChI=1S/C17H23FN2O3/c1-10-8-14(22-3)12(18)9-13(10)19-16(21)20-17(2)6-7-23-15(17)11-4-5-11/h8-9,11,15H,4-7H2,1-3H3,(H2,19,20,21)/t15-,17-/m0/s1. The van der Waals surface area contributed by atoms with Crippen molar-refractivity contribution in [2.45, 2.75) is 44.8 Å². The van der Waals surface area contributed by atoms with Gasteiger partial charge in [-0.1, -0.05) is 0 Å². The van der Waals surface area contributed by atoms with Gasteiger partial charge in [-0.05, 0) is 50.7 Å². The normalized spacial score (nSPS) is 26.9. The summed E-state index contributed by atoms with van der Waals surface area (Å²) >= 11 is 0. The number of carbonyl (C=O) groups is 1. The van der Waals surface area contributed by atoms with Gasteiger partial charge in [-0.25, -0.2) is 9.18 Å². The Morgan fingerprint density at radius 3 is 2.83 bits per heavy atom. The molecule has 0 radical (unpaired) electrons. The zero-order valence-corrected chi connectivity index (χ0v) is 13.7. The highest BCUT2D eigenvalue weighted by molar-refractivity contribution is 5.90. The molecule has 2 amide bonds. The van der Waals surface area contributed by atoms with Gasteiger partial charge in [0.1, 0.15) is 0 Å². The molecule has 1 aromatic rings. The van der Waals surface area contributed by atoms with Crippen molar-refractivity contribution in [1.29, 1.82) is 0 Å². The number of methoxy groups -OCH3 is 1. The maximum atomic E-state index is 13.8. The Kier molecular flexibility index (Phi) is 4.19. The lowest BCUT2D eigenvalue weighted by Crippen LogP contribution is -2.53. The molecule has 1 heterocycles. The molecule has 1 aliphatic carbocycles. The summed E-state index contributed by atoms with van der Waals surface area (Å²) in [7, 11) is 1.41. The topological polar surface area (TPSA) is 59.6 Å². The molecule has 0 unspecified atom stereocenters. The predicted octanol–water partition coefficient (Wildman–Crippen LogP) is 3.22. The second-order valence-corrected chi connectivity index (χ2v) is 6.68. The molecule has 0 bridgehead atoms. The molecule has 3 rings (SSSR count). The number of benzene rings is 1. The van der Waals surface area contributed by atoms with Crippen LogP contribution in [0.3, 0.4) is 0 Å². The van der Waals surface area contributed by atoms with Gasteiger partial charge in [0.2, 0.25) is 0 Å². The molecule has 2 atom stereocenters. The van der Waals surface area contributed by atoms with Crippen molar-refractivity contribution in [2.75, 3.05) is 19.0 Å². The van der Waals surface area contributed by atoms with E-state index in [1.807, 2.05) is 6.92 Å². The highest BCUT2D eigenvalue weighted by atomic mass is 19.1. The van der Waals surface area contributed by atoms with Crippen LogP contribution in [0.15, 0.2) is 12.1 Å². The van der Waals surface area contributed by atoms with Crippen LogP contribution in [-0.2, 0) is 4.74 Å². The molecule has 2 N–H and O–H groups in total. The van der Waals surface area contributed by atoms with Crippen LogP contribution in [0.25, 0.3) is 0 Å². The Labute approximate surface area is 135 Å². The summed E-state index contributed by atoms with van der Waals surface area (Å²) in [6.07, 6.45) is 3.18. The Morgan fingerprint density at radius 2 is 2.17 bits per heavy atom. The van der Waals surface area contributed by atoms with Crippen molar-refractivity contribution >= 4 is 11.7 Å². The van der Waals surface area contributed by atoms with E-state index in [-0.39, 0.29) is 23.4 Å². The largest absolute Gasteiger partial charge is 0.494 e. The molecular weight excluding hydrogens is 299 g/mol. The summed E-state index contributed by atoms with van der Waals surface area (Å²) in [5, 5.41) is 5.75. The first-order valence-corrected chi connectivity index (χ1v) is 7.98. The minimum atomic E-state index is -0.500. The van der Waals surface area contributed by atoms with Crippen LogP contribution in [0.5, 0.6) is 5.75 Å². The average molecular weight is 322 g/mol. The van der Waals surface area contributed by atoms with Gasteiger partial charge in [0.05, 0.1) is 18.8 Å². The van der Waals surface area contributed by atoms with Gasteiger partial charge in [-0.2, -0.15) is 0 Å². The van der Waals surface area contributed by atoms with Gasteiger partial charge < -0.3 is 20.1 Å². The number of hydrogen-bond donors (Lipinski definition) is 2. The van der Waals surface area contributed by atoms with E-state index in [2.05, 4.69) is 10.6 Å². The van der Waals surface area contributed by atoms with Gasteiger partial charge >= 0.3 is 6.03 Å². The number of aryl methyl sites for hydroxylation is 1. The molecule has 0 aromatic heterocycles. The number of rotatable bonds is 4. The fourth-order valence-electron chi connectivity index (χ4n) is 3.27. The Balaban J connectivity index is 1.68. The lowest BCUT2D eigenvalue weighted by Gasteiger charge is -2.31. The summed E-state index contributed by atoms with van der Waals surface area (Å²) in [4.78, 5) is 12.3. The number of nitrogens with one attached hydrogen (secondary N) is 2. The first-order chi connectivity index (χ1) is 10.9. The molecule has 1 aromatic carbocycles. The average Bonchev–Trinajstić information content (AvgIpc) is 3.25. The number of urea groups is 1. The fraction of sp³-hybridized carbons (Fsp3) is 0.588. The lowest BCUT2D eigenvalue weighted by atomic mass is 9.90. The molecule has 2 aliphatic rings. The van der Waals surface area contributed by atoms with Crippen LogP contribution in [0, 0.1) is 18.7 Å². The first-order valence-electron chi connectivity index (χ1n) is 7.98. The van der Waals surface area contributed by atoms with E-state index >= 15 is 0 Å². The van der Waals surface area contributed by atoms with E-state index in [4.69, 9.17) is 9.47 Å². The Bertz CT molecular complexity index is 618. The van der Waals surface area contributed by atoms with E-state index in [1.54, 1.807) is 13.0 Å². The molecule has 0 spiro atoms. The maximum absolute atomic E-state index is 13.8. The second kappa shape index (κ2) is 6.00. The van der Waals surface area contributed by atoms with Crippen LogP contribution in [-0.4, -0.2) is 31.4 Å². The highest BCUT2D eigenvalue weighted by Gasteiger charge is 2.49. The maximum Gasteiger partial charge on any atom is 0.319 e. The molecule has 2 fully saturated rings. The number of ether oxygens (including phenoxy) is 2. The van der Waals surface area contributed by atoms with Crippen molar-refractivity contribution in [3.05, 3.63) is 23.5 Å². The number of anilines is 1. The summed E-state index contributed by atoms with van der Waals surface area (Å²) in [6, 6.07) is 2.51. The summed E-state index contributed by atoms with van der Waals surface area (Å²) in [5.41, 5.74) is 0.806. The first kappa shape index (κ1) is 16.1. The van der Waals surface area contributed by atoms with Crippen molar-refractivity contribution < 1.29 is 18.7 Å². The van der Waals surface area contributed by atoms with Gasteiger partial charge in [0.25, 0.3) is 0 Å². The lowest BCUT2D eigenvalue weighted by molar-refractivity contribution is 0.0597. The second-order valence-electron chi connectivity index (χ2n) is 6.68. The zero-order valence-electron chi connectivity index (χ0n) is 13.7. The minimum Gasteiger partial charge on any atom is -0.494 e. The van der Waals surface area contributed by atoms with E-state index in [1.165, 1.54) is 13.2 Å². The van der Waals surface area contributed by atoms with Gasteiger partial charge in [-0.15, -0.1) is 0 Å². The van der Waals surface area contributed by atoms with Crippen molar-refractivity contribution in [3.8, 4) is 5.75 Å². The highest BCUT2D eigenvalue weighted by Crippen LogP contribution is 2.43. The van der Waals surface area contributed by atoms with Crippen LogP contribution < -0.4 is 15.4 Å². The molecule has 1 aliphatic heterocycles. The summed E-state index contributed by atoms with van der Waals surface area (Å²) in [6.45, 7) is 4.48. The monoisotopic (exact) mass is 322 g/mol. The molecule has 1 saturated heterocycles. The van der Waals surface area contributed by atoms with Crippen LogP contribution >= 0.6 is 0 Å². The van der Waals surface area contributed by atoms with Gasteiger partial charge in [0.15, 0.2) is 11.6 Å². The minimum absolute atomic E-state index is 0.0713. The number of carbonyl (C=O) groups excluding carboxylic acids is 1. The zero-order chi connectivity index (χ0) is 16.6. The van der Waals surface area contributed by atoms with E-state index in [0.717, 1.165) is 24.8 Å². The third-order valence-corrected chi connectivity index (χ3v) is 4.74. The van der Waals surface area contributed by atoms with Crippen molar-refractivity contribution in [1.82, 2.24) is 5.32 Å². The SMILES string of the molecule is COc1cc(C)c(NC(=O)N[C@@]2(C)CCO[C@H]2C2CC2)cc1F. The fourth-order valence-corrected chi connectivity index (χ4v) is 3.27.